The first-order valence-electron chi connectivity index (χ1n) is 10.3. The summed E-state index contributed by atoms with van der Waals surface area (Å²) in [6.45, 7) is 4.45. The summed E-state index contributed by atoms with van der Waals surface area (Å²) in [7, 11) is 0. The first-order valence-corrected chi connectivity index (χ1v) is 10.3. The van der Waals surface area contributed by atoms with Gasteiger partial charge < -0.3 is 4.74 Å². The van der Waals surface area contributed by atoms with Gasteiger partial charge in [-0.15, -0.1) is 0 Å². The fourth-order valence-electron chi connectivity index (χ4n) is 3.73. The van der Waals surface area contributed by atoms with Crippen LogP contribution in [0.2, 0.25) is 0 Å². The lowest BCUT2D eigenvalue weighted by Crippen LogP contribution is -2.12. The van der Waals surface area contributed by atoms with E-state index in [0.29, 0.717) is 12.5 Å². The van der Waals surface area contributed by atoms with Crippen LogP contribution in [0.3, 0.4) is 0 Å². The number of aryl methyl sites for hydroxylation is 1. The van der Waals surface area contributed by atoms with Crippen molar-refractivity contribution < 1.29 is 13.5 Å². The molecule has 0 aromatic heterocycles. The lowest BCUT2D eigenvalue weighted by Gasteiger charge is -2.26. The molecular formula is C25H28F2O. The van der Waals surface area contributed by atoms with Crippen molar-refractivity contribution >= 4 is 0 Å². The Kier molecular flexibility index (Phi) is 7.09. The fraction of sp³-hybridized carbons (Fsp3) is 0.440. The Morgan fingerprint density at radius 3 is 2.29 bits per heavy atom. The molecule has 28 heavy (non-hydrogen) atoms. The van der Waals surface area contributed by atoms with E-state index in [1.165, 1.54) is 23.3 Å². The summed E-state index contributed by atoms with van der Waals surface area (Å²) in [6.07, 6.45) is 5.97. The Labute approximate surface area is 167 Å². The second-order valence-corrected chi connectivity index (χ2v) is 7.50. The van der Waals surface area contributed by atoms with Crippen molar-refractivity contribution in [1.82, 2.24) is 0 Å². The zero-order chi connectivity index (χ0) is 19.9. The van der Waals surface area contributed by atoms with Crippen LogP contribution in [0.5, 0.6) is 5.75 Å². The molecule has 0 spiro atoms. The molecule has 0 atom stereocenters. The van der Waals surface area contributed by atoms with Crippen LogP contribution in [-0.2, 0) is 6.42 Å². The zero-order valence-electron chi connectivity index (χ0n) is 16.7. The molecule has 0 aliphatic heterocycles. The Morgan fingerprint density at radius 2 is 1.64 bits per heavy atom. The van der Waals surface area contributed by atoms with Gasteiger partial charge in [0.2, 0.25) is 5.82 Å². The normalized spacial score (nSPS) is 19.0. The second-order valence-electron chi connectivity index (χ2n) is 7.50. The van der Waals surface area contributed by atoms with Crippen LogP contribution in [0.25, 0.3) is 0 Å². The number of halogens is 2. The van der Waals surface area contributed by atoms with Crippen LogP contribution in [0, 0.1) is 29.4 Å². The second kappa shape index (κ2) is 9.73. The highest BCUT2D eigenvalue weighted by Gasteiger charge is 2.21. The Bertz CT molecular complexity index is 837. The summed E-state index contributed by atoms with van der Waals surface area (Å²) in [6, 6.07) is 11.9. The predicted octanol–water partition coefficient (Wildman–Crippen LogP) is 6.64. The summed E-state index contributed by atoms with van der Waals surface area (Å²) >= 11 is 0. The lowest BCUT2D eigenvalue weighted by molar-refractivity contribution is 0.295. The van der Waals surface area contributed by atoms with Gasteiger partial charge >= 0.3 is 0 Å². The Balaban J connectivity index is 1.60. The average Bonchev–Trinajstić information content (AvgIpc) is 2.74. The molecule has 148 valence electrons. The minimum Gasteiger partial charge on any atom is -0.490 e. The van der Waals surface area contributed by atoms with Gasteiger partial charge in [0.15, 0.2) is 11.6 Å². The van der Waals surface area contributed by atoms with Crippen LogP contribution in [0.4, 0.5) is 8.78 Å². The number of ether oxygens (including phenoxy) is 1. The fourth-order valence-corrected chi connectivity index (χ4v) is 3.73. The quantitative estimate of drug-likeness (QED) is 0.527. The highest BCUT2D eigenvalue weighted by molar-refractivity contribution is 5.41. The molecule has 2 aromatic carbocycles. The van der Waals surface area contributed by atoms with Crippen molar-refractivity contribution in [2.24, 2.45) is 5.92 Å². The van der Waals surface area contributed by atoms with Crippen molar-refractivity contribution in [2.75, 3.05) is 6.61 Å². The molecule has 0 saturated heterocycles. The first kappa shape index (κ1) is 20.4. The maximum Gasteiger partial charge on any atom is 0.201 e. The number of rotatable bonds is 5. The van der Waals surface area contributed by atoms with Gasteiger partial charge in [-0.1, -0.05) is 50.0 Å². The molecule has 0 unspecified atom stereocenters. The third-order valence-electron chi connectivity index (χ3n) is 5.51. The SMILES string of the molecule is CCCOc1ccc(C#C[C@H]2CC[C@H](c3ccc(CC)cc3)CC2)c(F)c1F. The highest BCUT2D eigenvalue weighted by atomic mass is 19.2. The van der Waals surface area contributed by atoms with Gasteiger partial charge in [-0.05, 0) is 67.7 Å². The van der Waals surface area contributed by atoms with E-state index in [9.17, 15) is 8.78 Å². The van der Waals surface area contributed by atoms with Gasteiger partial charge in [0.05, 0.1) is 12.2 Å². The van der Waals surface area contributed by atoms with Crippen molar-refractivity contribution in [1.29, 1.82) is 0 Å². The van der Waals surface area contributed by atoms with Crippen LogP contribution in [-0.4, -0.2) is 6.61 Å². The standard InChI is InChI=1S/C25H28F2O/c1-3-17-28-23-16-15-22(24(26)25(23)27)14-9-19-7-12-21(13-8-19)20-10-5-18(4-2)6-11-20/h5-6,10-11,15-16,19,21H,3-4,7-8,12-13,17H2,1-2H3/t19-,21-. The van der Waals surface area contributed by atoms with Gasteiger partial charge in [0.1, 0.15) is 0 Å². The van der Waals surface area contributed by atoms with Gasteiger partial charge in [0.25, 0.3) is 0 Å². The Morgan fingerprint density at radius 1 is 0.929 bits per heavy atom. The zero-order valence-corrected chi connectivity index (χ0v) is 16.7. The van der Waals surface area contributed by atoms with E-state index in [1.807, 2.05) is 6.92 Å². The van der Waals surface area contributed by atoms with Crippen molar-refractivity contribution in [2.45, 2.75) is 58.3 Å². The molecule has 3 heteroatoms. The van der Waals surface area contributed by atoms with Crippen molar-refractivity contribution in [3.63, 3.8) is 0 Å². The smallest absolute Gasteiger partial charge is 0.201 e. The van der Waals surface area contributed by atoms with Crippen LogP contribution in [0.1, 0.15) is 68.6 Å². The predicted molar refractivity (Wildman–Crippen MR) is 110 cm³/mol. The molecule has 1 aliphatic rings. The monoisotopic (exact) mass is 382 g/mol. The van der Waals surface area contributed by atoms with E-state index >= 15 is 0 Å². The molecule has 1 saturated carbocycles. The van der Waals surface area contributed by atoms with Crippen molar-refractivity contribution in [3.8, 4) is 17.6 Å². The van der Waals surface area contributed by atoms with E-state index in [0.717, 1.165) is 38.5 Å². The van der Waals surface area contributed by atoms with E-state index in [2.05, 4.69) is 43.0 Å². The number of hydrogen-bond donors (Lipinski definition) is 0. The molecule has 0 N–H and O–H groups in total. The molecule has 3 rings (SSSR count). The maximum absolute atomic E-state index is 14.2. The van der Waals surface area contributed by atoms with E-state index in [4.69, 9.17) is 4.74 Å². The van der Waals surface area contributed by atoms with E-state index < -0.39 is 11.6 Å². The molecule has 0 radical (unpaired) electrons. The maximum atomic E-state index is 14.2. The topological polar surface area (TPSA) is 9.23 Å². The summed E-state index contributed by atoms with van der Waals surface area (Å²) in [5.74, 6) is 4.94. The van der Waals surface area contributed by atoms with Crippen molar-refractivity contribution in [3.05, 3.63) is 64.7 Å². The van der Waals surface area contributed by atoms with E-state index in [1.54, 1.807) is 0 Å². The Hall–Kier alpha value is -2.34. The number of benzene rings is 2. The molecule has 0 heterocycles. The first-order chi connectivity index (χ1) is 13.6. The van der Waals surface area contributed by atoms with Crippen LogP contribution >= 0.6 is 0 Å². The van der Waals surface area contributed by atoms with Gasteiger partial charge in [-0.2, -0.15) is 4.39 Å². The summed E-state index contributed by atoms with van der Waals surface area (Å²) in [5, 5.41) is 0. The summed E-state index contributed by atoms with van der Waals surface area (Å²) < 4.78 is 33.5. The minimum atomic E-state index is -0.945. The molecule has 0 bridgehead atoms. The lowest BCUT2D eigenvalue weighted by atomic mass is 9.79. The third kappa shape index (κ3) is 4.93. The summed E-state index contributed by atoms with van der Waals surface area (Å²) in [5.41, 5.74) is 2.88. The molecule has 1 aliphatic carbocycles. The highest BCUT2D eigenvalue weighted by Crippen LogP contribution is 2.35. The largest absolute Gasteiger partial charge is 0.490 e. The van der Waals surface area contributed by atoms with Crippen LogP contribution in [0.15, 0.2) is 36.4 Å². The van der Waals surface area contributed by atoms with E-state index in [-0.39, 0.29) is 17.2 Å². The van der Waals surface area contributed by atoms with Gasteiger partial charge in [-0.3, -0.25) is 0 Å². The van der Waals surface area contributed by atoms with Gasteiger partial charge in [-0.25, -0.2) is 4.39 Å². The van der Waals surface area contributed by atoms with Gasteiger partial charge in [0, 0.05) is 5.92 Å². The molecular weight excluding hydrogens is 354 g/mol. The molecule has 2 aromatic rings. The molecule has 1 fully saturated rings. The molecule has 1 nitrogen and oxygen atoms in total. The summed E-state index contributed by atoms with van der Waals surface area (Å²) in [4.78, 5) is 0. The third-order valence-corrected chi connectivity index (χ3v) is 5.51. The minimum absolute atomic E-state index is 0.0421. The van der Waals surface area contributed by atoms with Crippen LogP contribution < -0.4 is 4.74 Å². The average molecular weight is 382 g/mol. The molecule has 0 amide bonds. The number of hydrogen-bond acceptors (Lipinski definition) is 1.